The summed E-state index contributed by atoms with van der Waals surface area (Å²) in [6, 6.07) is 2.24. The van der Waals surface area contributed by atoms with Gasteiger partial charge in [-0.15, -0.1) is 0 Å². The van der Waals surface area contributed by atoms with Crippen molar-refractivity contribution in [1.82, 2.24) is 0 Å². The predicted octanol–water partition coefficient (Wildman–Crippen LogP) is 3.28. The topological polar surface area (TPSA) is 23.8 Å². The van der Waals surface area contributed by atoms with Crippen LogP contribution in [0, 0.1) is 28.6 Å². The smallest absolute Gasteiger partial charge is 0.0666 e. The third kappa shape index (κ3) is 1.20. The molecule has 2 saturated carbocycles. The lowest BCUT2D eigenvalue weighted by Crippen LogP contribution is -1.99. The van der Waals surface area contributed by atoms with Crippen molar-refractivity contribution < 1.29 is 0 Å². The number of nitrogens with zero attached hydrogens (tertiary/aromatic N) is 1. The van der Waals surface area contributed by atoms with E-state index in [1.54, 1.807) is 5.57 Å². The van der Waals surface area contributed by atoms with Gasteiger partial charge in [0.15, 0.2) is 0 Å². The Balaban J connectivity index is 2.05. The predicted molar refractivity (Wildman–Crippen MR) is 52.9 cm³/mol. The molecule has 0 amide bonds. The second-order valence-electron chi connectivity index (χ2n) is 5.16. The van der Waals surface area contributed by atoms with Crippen LogP contribution in [0.15, 0.2) is 11.1 Å². The summed E-state index contributed by atoms with van der Waals surface area (Å²) in [5.74, 6) is 1.85. The third-order valence-corrected chi connectivity index (χ3v) is 4.17. The Hall–Kier alpha value is -0.770. The summed E-state index contributed by atoms with van der Waals surface area (Å²) in [6.07, 6.45) is 3.17. The van der Waals surface area contributed by atoms with Gasteiger partial charge in [0.2, 0.25) is 0 Å². The van der Waals surface area contributed by atoms with Crippen molar-refractivity contribution in [1.29, 1.82) is 5.26 Å². The van der Waals surface area contributed by atoms with Gasteiger partial charge in [-0.25, -0.2) is 0 Å². The second-order valence-corrected chi connectivity index (χ2v) is 5.16. The van der Waals surface area contributed by atoms with Crippen molar-refractivity contribution in [2.45, 2.75) is 40.0 Å². The van der Waals surface area contributed by atoms with Gasteiger partial charge in [-0.1, -0.05) is 25.0 Å². The molecular formula is C12H17N. The molecule has 13 heavy (non-hydrogen) atoms. The Kier molecular flexibility index (Phi) is 1.77. The first kappa shape index (κ1) is 8.81. The molecular weight excluding hydrogens is 158 g/mol. The lowest BCUT2D eigenvalue weighted by molar-refractivity contribution is 0.503. The van der Waals surface area contributed by atoms with Gasteiger partial charge in [-0.2, -0.15) is 5.26 Å². The Morgan fingerprint density at radius 3 is 2.46 bits per heavy atom. The van der Waals surface area contributed by atoms with Crippen LogP contribution >= 0.6 is 0 Å². The molecule has 2 aliphatic rings. The van der Waals surface area contributed by atoms with Crippen LogP contribution < -0.4 is 0 Å². The van der Waals surface area contributed by atoms with Crippen molar-refractivity contribution in [3.05, 3.63) is 11.1 Å². The highest BCUT2D eigenvalue weighted by molar-refractivity contribution is 5.28. The number of allylic oxidation sites excluding steroid dienone is 2. The van der Waals surface area contributed by atoms with E-state index < -0.39 is 0 Å². The van der Waals surface area contributed by atoms with Gasteiger partial charge in [0, 0.05) is 0 Å². The Morgan fingerprint density at radius 2 is 2.00 bits per heavy atom. The molecule has 1 nitrogen and oxygen atoms in total. The van der Waals surface area contributed by atoms with E-state index in [0.29, 0.717) is 11.8 Å². The maximum Gasteiger partial charge on any atom is 0.0666 e. The fourth-order valence-electron chi connectivity index (χ4n) is 2.87. The summed E-state index contributed by atoms with van der Waals surface area (Å²) in [5.41, 5.74) is 3.53. The van der Waals surface area contributed by atoms with Crippen LogP contribution in [0.4, 0.5) is 0 Å². The average molecular weight is 175 g/mol. The maximum absolute atomic E-state index is 8.59. The summed E-state index contributed by atoms with van der Waals surface area (Å²) in [7, 11) is 0. The maximum atomic E-state index is 8.59. The van der Waals surface area contributed by atoms with Crippen molar-refractivity contribution >= 4 is 0 Å². The minimum atomic E-state index is 0.608. The number of fused-ring (bicyclic) bond motifs is 1. The molecule has 2 fully saturated rings. The fourth-order valence-corrected chi connectivity index (χ4v) is 2.87. The summed E-state index contributed by atoms with van der Waals surface area (Å²) in [5, 5.41) is 8.59. The molecule has 0 bridgehead atoms. The second kappa shape index (κ2) is 2.61. The highest BCUT2D eigenvalue weighted by Gasteiger charge is 2.60. The molecule has 70 valence electrons. The minimum absolute atomic E-state index is 0.608. The first-order valence-corrected chi connectivity index (χ1v) is 5.12. The van der Waals surface area contributed by atoms with Gasteiger partial charge >= 0.3 is 0 Å². The highest BCUT2D eigenvalue weighted by Crippen LogP contribution is 2.68. The summed E-state index contributed by atoms with van der Waals surface area (Å²) >= 11 is 0. The third-order valence-electron chi connectivity index (χ3n) is 4.17. The van der Waals surface area contributed by atoms with E-state index in [1.165, 1.54) is 18.4 Å². The van der Waals surface area contributed by atoms with Gasteiger partial charge in [0.05, 0.1) is 12.5 Å². The molecule has 0 aromatic heterocycles. The number of hydrogen-bond donors (Lipinski definition) is 0. The molecule has 0 N–H and O–H groups in total. The zero-order valence-corrected chi connectivity index (χ0v) is 8.72. The van der Waals surface area contributed by atoms with Gasteiger partial charge in [-0.3, -0.25) is 0 Å². The summed E-state index contributed by atoms with van der Waals surface area (Å²) in [4.78, 5) is 0. The van der Waals surface area contributed by atoms with Crippen LogP contribution in [-0.4, -0.2) is 0 Å². The van der Waals surface area contributed by atoms with Crippen LogP contribution in [0.1, 0.15) is 40.0 Å². The lowest BCUT2D eigenvalue weighted by Gasteiger charge is -2.11. The molecule has 0 aromatic carbocycles. The van der Waals surface area contributed by atoms with Gasteiger partial charge < -0.3 is 0 Å². The standard InChI is InChI=1S/C12H17N/c1-8(4-5-13)9-6-10-11(7-9)12(10,2)3/h10-11H,4,6-7H2,1-3H3/t10-,11-/m1/s1. The zero-order valence-electron chi connectivity index (χ0n) is 8.72. The molecule has 0 aromatic rings. The van der Waals surface area contributed by atoms with Gasteiger partial charge in [0.1, 0.15) is 0 Å². The first-order valence-electron chi connectivity index (χ1n) is 5.12. The largest absolute Gasteiger partial charge is 0.198 e. The number of rotatable bonds is 1. The monoisotopic (exact) mass is 175 g/mol. The molecule has 0 heterocycles. The minimum Gasteiger partial charge on any atom is -0.198 e. The molecule has 0 unspecified atom stereocenters. The Bertz CT molecular complexity index is 288. The van der Waals surface area contributed by atoms with Crippen LogP contribution in [0.25, 0.3) is 0 Å². The van der Waals surface area contributed by atoms with E-state index in [9.17, 15) is 0 Å². The highest BCUT2D eigenvalue weighted by atomic mass is 14.6. The zero-order chi connectivity index (χ0) is 9.64. The van der Waals surface area contributed by atoms with E-state index in [-0.39, 0.29) is 0 Å². The SMILES string of the molecule is CC(CC#N)=C1C[C@@H]2[C@@H](C1)C2(C)C. The molecule has 2 rings (SSSR count). The van der Waals surface area contributed by atoms with E-state index in [0.717, 1.165) is 11.8 Å². The summed E-state index contributed by atoms with van der Waals surface area (Å²) < 4.78 is 0. The normalized spacial score (nSPS) is 33.8. The van der Waals surface area contributed by atoms with Crippen LogP contribution in [0.2, 0.25) is 0 Å². The number of hydrogen-bond acceptors (Lipinski definition) is 1. The fraction of sp³-hybridized carbons (Fsp3) is 0.750. The van der Waals surface area contributed by atoms with Crippen LogP contribution in [0.5, 0.6) is 0 Å². The van der Waals surface area contributed by atoms with Gasteiger partial charge in [-0.05, 0) is 37.0 Å². The van der Waals surface area contributed by atoms with Crippen molar-refractivity contribution in [3.63, 3.8) is 0 Å². The molecule has 0 aliphatic heterocycles. The van der Waals surface area contributed by atoms with E-state index in [4.69, 9.17) is 5.26 Å². The van der Waals surface area contributed by atoms with Crippen LogP contribution in [-0.2, 0) is 0 Å². The van der Waals surface area contributed by atoms with Crippen molar-refractivity contribution in [2.24, 2.45) is 17.3 Å². The van der Waals surface area contributed by atoms with Crippen LogP contribution in [0.3, 0.4) is 0 Å². The van der Waals surface area contributed by atoms with E-state index >= 15 is 0 Å². The quantitative estimate of drug-likeness (QED) is 0.561. The number of nitriles is 1. The first-order chi connectivity index (χ1) is 6.07. The molecule has 1 heteroatoms. The summed E-state index contributed by atoms with van der Waals surface area (Å²) in [6.45, 7) is 6.87. The van der Waals surface area contributed by atoms with E-state index in [1.807, 2.05) is 0 Å². The van der Waals surface area contributed by atoms with Crippen molar-refractivity contribution in [2.75, 3.05) is 0 Å². The van der Waals surface area contributed by atoms with E-state index in [2.05, 4.69) is 26.8 Å². The molecule has 0 saturated heterocycles. The Labute approximate surface area is 80.4 Å². The molecule has 2 aliphatic carbocycles. The van der Waals surface area contributed by atoms with Gasteiger partial charge in [0.25, 0.3) is 0 Å². The average Bonchev–Trinajstić information content (AvgIpc) is 2.53. The Morgan fingerprint density at radius 1 is 1.46 bits per heavy atom. The van der Waals surface area contributed by atoms with Crippen molar-refractivity contribution in [3.8, 4) is 6.07 Å². The lowest BCUT2D eigenvalue weighted by atomic mass is 9.94. The molecule has 0 radical (unpaired) electrons. The molecule has 0 spiro atoms. The molecule has 2 atom stereocenters.